The van der Waals surface area contributed by atoms with Crippen LogP contribution in [0.5, 0.6) is 0 Å². The fourth-order valence-electron chi connectivity index (χ4n) is 2.43. The second-order valence-electron chi connectivity index (χ2n) is 5.73. The molecule has 0 spiro atoms. The molecule has 0 fully saturated rings. The Morgan fingerprint density at radius 2 is 2.08 bits per heavy atom. The number of hydrogen-bond acceptors (Lipinski definition) is 5. The van der Waals surface area contributed by atoms with Gasteiger partial charge in [-0.3, -0.25) is 0 Å². The molecule has 1 heterocycles. The summed E-state index contributed by atoms with van der Waals surface area (Å²) >= 11 is 0. The zero-order valence-electron chi connectivity index (χ0n) is 14.9. The molecule has 0 unspecified atom stereocenters. The first-order valence-corrected chi connectivity index (χ1v) is 9.46. The molecular formula is C17H23N3O4S. The van der Waals surface area contributed by atoms with E-state index in [0.29, 0.717) is 17.9 Å². The Kier molecular flexibility index (Phi) is 5.97. The van der Waals surface area contributed by atoms with E-state index in [4.69, 9.17) is 4.74 Å². The van der Waals surface area contributed by atoms with Crippen molar-refractivity contribution in [2.75, 3.05) is 14.1 Å². The van der Waals surface area contributed by atoms with Crippen LogP contribution in [0.4, 0.5) is 0 Å². The highest BCUT2D eigenvalue weighted by atomic mass is 32.2. The second-order valence-corrected chi connectivity index (χ2v) is 7.88. The van der Waals surface area contributed by atoms with Crippen LogP contribution in [0.2, 0.25) is 0 Å². The zero-order valence-corrected chi connectivity index (χ0v) is 15.7. The first kappa shape index (κ1) is 19.1. The van der Waals surface area contributed by atoms with Gasteiger partial charge in [-0.05, 0) is 31.5 Å². The summed E-state index contributed by atoms with van der Waals surface area (Å²) in [6.45, 7) is 4.51. The Morgan fingerprint density at radius 3 is 2.68 bits per heavy atom. The maximum Gasteiger partial charge on any atom is 0.330 e. The number of aromatic nitrogens is 2. The number of benzene rings is 1. The van der Waals surface area contributed by atoms with E-state index in [9.17, 15) is 13.2 Å². The van der Waals surface area contributed by atoms with E-state index in [-0.39, 0.29) is 11.5 Å². The molecular weight excluding hydrogens is 342 g/mol. The Labute approximate surface area is 148 Å². The van der Waals surface area contributed by atoms with Crippen LogP contribution in [0, 0.1) is 0 Å². The third kappa shape index (κ3) is 4.08. The van der Waals surface area contributed by atoms with Gasteiger partial charge in [0.15, 0.2) is 0 Å². The van der Waals surface area contributed by atoms with Crippen molar-refractivity contribution in [2.24, 2.45) is 0 Å². The van der Waals surface area contributed by atoms with Gasteiger partial charge in [0.05, 0.1) is 15.9 Å². The SMILES string of the molecule is C/C=C/C(=O)OCc1nc2cc(S(=O)(=O)N(C)C)ccc2n1CCC. The highest BCUT2D eigenvalue weighted by Gasteiger charge is 2.20. The first-order chi connectivity index (χ1) is 11.8. The topological polar surface area (TPSA) is 81.5 Å². The van der Waals surface area contributed by atoms with Crippen molar-refractivity contribution in [2.45, 2.75) is 38.3 Å². The Bertz CT molecular complexity index is 898. The van der Waals surface area contributed by atoms with Crippen LogP contribution >= 0.6 is 0 Å². The van der Waals surface area contributed by atoms with Gasteiger partial charge in [0.25, 0.3) is 0 Å². The number of hydrogen-bond donors (Lipinski definition) is 0. The van der Waals surface area contributed by atoms with Gasteiger partial charge in [-0.2, -0.15) is 0 Å². The van der Waals surface area contributed by atoms with Crippen LogP contribution < -0.4 is 0 Å². The van der Waals surface area contributed by atoms with Gasteiger partial charge in [-0.25, -0.2) is 22.5 Å². The van der Waals surface area contributed by atoms with E-state index in [2.05, 4.69) is 4.98 Å². The average molecular weight is 365 g/mol. The lowest BCUT2D eigenvalue weighted by Gasteiger charge is -2.11. The number of fused-ring (bicyclic) bond motifs is 1. The Balaban J connectivity index is 2.45. The molecule has 0 aliphatic rings. The minimum atomic E-state index is -3.53. The van der Waals surface area contributed by atoms with Gasteiger partial charge in [-0.15, -0.1) is 0 Å². The maximum absolute atomic E-state index is 12.3. The molecule has 8 heteroatoms. The number of carbonyl (C=O) groups is 1. The van der Waals surface area contributed by atoms with Gasteiger partial charge in [0, 0.05) is 26.7 Å². The lowest BCUT2D eigenvalue weighted by molar-refractivity contribution is -0.139. The molecule has 7 nitrogen and oxygen atoms in total. The molecule has 25 heavy (non-hydrogen) atoms. The molecule has 0 N–H and O–H groups in total. The molecule has 2 rings (SSSR count). The van der Waals surface area contributed by atoms with Crippen molar-refractivity contribution in [3.05, 3.63) is 36.2 Å². The molecule has 0 atom stereocenters. The predicted molar refractivity (Wildman–Crippen MR) is 95.5 cm³/mol. The molecule has 0 aliphatic carbocycles. The summed E-state index contributed by atoms with van der Waals surface area (Å²) in [5.41, 5.74) is 1.38. The molecule has 0 saturated carbocycles. The van der Waals surface area contributed by atoms with E-state index >= 15 is 0 Å². The number of ether oxygens (including phenoxy) is 1. The summed E-state index contributed by atoms with van der Waals surface area (Å²) in [4.78, 5) is 16.2. The van der Waals surface area contributed by atoms with Gasteiger partial charge in [-0.1, -0.05) is 13.0 Å². The minimum absolute atomic E-state index is 0.0353. The van der Waals surface area contributed by atoms with Crippen LogP contribution in [0.1, 0.15) is 26.1 Å². The Morgan fingerprint density at radius 1 is 1.36 bits per heavy atom. The first-order valence-electron chi connectivity index (χ1n) is 8.02. The van der Waals surface area contributed by atoms with Crippen molar-refractivity contribution in [1.82, 2.24) is 13.9 Å². The fourth-order valence-corrected chi connectivity index (χ4v) is 3.36. The lowest BCUT2D eigenvalue weighted by Crippen LogP contribution is -2.22. The standard InChI is InChI=1S/C17H23N3O4S/c1-5-7-17(21)24-12-16-18-14-11-13(25(22,23)19(3)4)8-9-15(14)20(16)10-6-2/h5,7-9,11H,6,10,12H2,1-4H3/b7-5+. The summed E-state index contributed by atoms with van der Waals surface area (Å²) in [5, 5.41) is 0. The van der Waals surface area contributed by atoms with E-state index in [1.165, 1.54) is 20.2 Å². The van der Waals surface area contributed by atoms with Gasteiger partial charge < -0.3 is 9.30 Å². The number of nitrogens with zero attached hydrogens (tertiary/aromatic N) is 3. The maximum atomic E-state index is 12.3. The number of esters is 1. The average Bonchev–Trinajstić information content (AvgIpc) is 2.90. The molecule has 0 radical (unpaired) electrons. The number of imidazole rings is 1. The van der Waals surface area contributed by atoms with E-state index in [0.717, 1.165) is 16.2 Å². The van der Waals surface area contributed by atoms with E-state index in [1.54, 1.807) is 31.2 Å². The summed E-state index contributed by atoms with van der Waals surface area (Å²) in [7, 11) is -0.553. The van der Waals surface area contributed by atoms with Gasteiger partial charge in [0.2, 0.25) is 10.0 Å². The molecule has 136 valence electrons. The predicted octanol–water partition coefficient (Wildman–Crippen LogP) is 2.32. The largest absolute Gasteiger partial charge is 0.454 e. The smallest absolute Gasteiger partial charge is 0.330 e. The van der Waals surface area contributed by atoms with Gasteiger partial charge in [0.1, 0.15) is 12.4 Å². The minimum Gasteiger partial charge on any atom is -0.454 e. The normalized spacial score (nSPS) is 12.4. The van der Waals surface area contributed by atoms with Crippen molar-refractivity contribution < 1.29 is 17.9 Å². The molecule has 0 saturated heterocycles. The summed E-state index contributed by atoms with van der Waals surface area (Å²) in [6, 6.07) is 4.86. The van der Waals surface area contributed by atoms with Crippen LogP contribution in [0.25, 0.3) is 11.0 Å². The van der Waals surface area contributed by atoms with Crippen LogP contribution in [0.3, 0.4) is 0 Å². The van der Waals surface area contributed by atoms with Crippen LogP contribution in [0.15, 0.2) is 35.2 Å². The molecule has 0 amide bonds. The molecule has 2 aromatic rings. The zero-order chi connectivity index (χ0) is 18.6. The molecule has 1 aromatic heterocycles. The fraction of sp³-hybridized carbons (Fsp3) is 0.412. The van der Waals surface area contributed by atoms with Crippen molar-refractivity contribution in [3.63, 3.8) is 0 Å². The summed E-state index contributed by atoms with van der Waals surface area (Å²) in [6.07, 6.45) is 3.82. The summed E-state index contributed by atoms with van der Waals surface area (Å²) < 4.78 is 32.9. The monoisotopic (exact) mass is 365 g/mol. The third-order valence-corrected chi connectivity index (χ3v) is 5.48. The summed E-state index contributed by atoms with van der Waals surface area (Å²) in [5.74, 6) is 0.155. The number of carbonyl (C=O) groups excluding carboxylic acids is 1. The lowest BCUT2D eigenvalue weighted by atomic mass is 10.3. The van der Waals surface area contributed by atoms with E-state index < -0.39 is 16.0 Å². The van der Waals surface area contributed by atoms with Crippen molar-refractivity contribution in [1.29, 1.82) is 0 Å². The molecule has 0 aliphatic heterocycles. The quantitative estimate of drug-likeness (QED) is 0.555. The van der Waals surface area contributed by atoms with Crippen molar-refractivity contribution in [3.8, 4) is 0 Å². The number of allylic oxidation sites excluding steroid dienone is 1. The number of rotatable bonds is 7. The highest BCUT2D eigenvalue weighted by molar-refractivity contribution is 7.89. The number of aryl methyl sites for hydroxylation is 1. The number of sulfonamides is 1. The van der Waals surface area contributed by atoms with Crippen LogP contribution in [-0.4, -0.2) is 42.3 Å². The molecule has 1 aromatic carbocycles. The highest BCUT2D eigenvalue weighted by Crippen LogP contribution is 2.23. The second kappa shape index (κ2) is 7.79. The van der Waals surface area contributed by atoms with Gasteiger partial charge >= 0.3 is 5.97 Å². The Hall–Kier alpha value is -2.19. The van der Waals surface area contributed by atoms with Crippen molar-refractivity contribution >= 4 is 27.0 Å². The van der Waals surface area contributed by atoms with Crippen LogP contribution in [-0.2, 0) is 32.7 Å². The molecule has 0 bridgehead atoms. The van der Waals surface area contributed by atoms with E-state index in [1.807, 2.05) is 11.5 Å². The third-order valence-electron chi connectivity index (χ3n) is 3.67.